The Balaban J connectivity index is 2.44. The molecule has 0 radical (unpaired) electrons. The monoisotopic (exact) mass is 177 g/mol. The zero-order valence-electron chi connectivity index (χ0n) is 8.71. The molecule has 1 fully saturated rings. The molecule has 0 saturated carbocycles. The summed E-state index contributed by atoms with van der Waals surface area (Å²) in [5.74, 6) is 0. The van der Waals surface area contributed by atoms with E-state index in [1.807, 2.05) is 0 Å². The van der Waals surface area contributed by atoms with Crippen LogP contribution in [0.25, 0.3) is 0 Å². The first-order valence-electron chi connectivity index (χ1n) is 4.99. The van der Waals surface area contributed by atoms with Crippen LogP contribution in [0.1, 0.15) is 26.7 Å². The second kappa shape index (κ2) is 4.90. The fraction of sp³-hybridized carbons (Fsp3) is 0.500. The molecule has 0 aliphatic carbocycles. The molecule has 0 amide bonds. The average molecular weight is 177 g/mol. The molecule has 0 unspecified atom stereocenters. The Kier molecular flexibility index (Phi) is 3.81. The number of allylic oxidation sites excluding steroid dienone is 4. The maximum Gasteiger partial charge on any atom is 0.0293 e. The van der Waals surface area contributed by atoms with Crippen molar-refractivity contribution in [1.29, 1.82) is 0 Å². The van der Waals surface area contributed by atoms with Crippen molar-refractivity contribution in [1.82, 2.24) is 4.90 Å². The summed E-state index contributed by atoms with van der Waals surface area (Å²) >= 11 is 0. The van der Waals surface area contributed by atoms with Crippen LogP contribution in [0.4, 0.5) is 0 Å². The van der Waals surface area contributed by atoms with E-state index < -0.39 is 0 Å². The van der Waals surface area contributed by atoms with Crippen molar-refractivity contribution in [3.8, 4) is 0 Å². The highest BCUT2D eigenvalue weighted by atomic mass is 15.1. The summed E-state index contributed by atoms with van der Waals surface area (Å²) in [4.78, 5) is 2.35. The molecule has 1 rings (SSSR count). The summed E-state index contributed by atoms with van der Waals surface area (Å²) in [5.41, 5.74) is 2.44. The summed E-state index contributed by atoms with van der Waals surface area (Å²) in [6, 6.07) is 0. The van der Waals surface area contributed by atoms with Gasteiger partial charge in [-0.05, 0) is 32.8 Å². The van der Waals surface area contributed by atoms with Crippen LogP contribution >= 0.6 is 0 Å². The van der Waals surface area contributed by atoms with Gasteiger partial charge in [0.15, 0.2) is 0 Å². The number of nitrogens with zero attached hydrogens (tertiary/aromatic N) is 1. The van der Waals surface area contributed by atoms with E-state index >= 15 is 0 Å². The SMILES string of the molecule is C=C(/C=C\C(C)=C/C)N1CCCC1. The second-order valence-electron chi connectivity index (χ2n) is 3.55. The third-order valence-corrected chi connectivity index (χ3v) is 2.51. The first-order valence-corrected chi connectivity index (χ1v) is 4.99. The van der Waals surface area contributed by atoms with E-state index in [1.165, 1.54) is 31.5 Å². The Hall–Kier alpha value is -0.980. The van der Waals surface area contributed by atoms with Crippen molar-refractivity contribution in [2.75, 3.05) is 13.1 Å². The van der Waals surface area contributed by atoms with Gasteiger partial charge in [-0.3, -0.25) is 0 Å². The van der Waals surface area contributed by atoms with Crippen molar-refractivity contribution >= 4 is 0 Å². The number of hydrogen-bond donors (Lipinski definition) is 0. The van der Waals surface area contributed by atoms with Crippen LogP contribution in [-0.2, 0) is 0 Å². The number of likely N-dealkylation sites (tertiary alicyclic amines) is 1. The fourth-order valence-electron chi connectivity index (χ4n) is 1.43. The van der Waals surface area contributed by atoms with Crippen LogP contribution in [0.2, 0.25) is 0 Å². The molecule has 0 spiro atoms. The van der Waals surface area contributed by atoms with Crippen LogP contribution in [-0.4, -0.2) is 18.0 Å². The first-order chi connectivity index (χ1) is 6.24. The lowest BCUT2D eigenvalue weighted by Crippen LogP contribution is -2.16. The Morgan fingerprint density at radius 2 is 1.85 bits per heavy atom. The van der Waals surface area contributed by atoms with Gasteiger partial charge in [0, 0.05) is 18.8 Å². The van der Waals surface area contributed by atoms with Gasteiger partial charge in [0.2, 0.25) is 0 Å². The zero-order valence-corrected chi connectivity index (χ0v) is 8.71. The van der Waals surface area contributed by atoms with Crippen molar-refractivity contribution in [3.05, 3.63) is 36.1 Å². The molecule has 0 atom stereocenters. The minimum atomic E-state index is 1.15. The van der Waals surface area contributed by atoms with E-state index in [9.17, 15) is 0 Å². The minimum Gasteiger partial charge on any atom is -0.372 e. The first kappa shape index (κ1) is 10.1. The molecule has 1 aliphatic rings. The largest absolute Gasteiger partial charge is 0.372 e. The van der Waals surface area contributed by atoms with Gasteiger partial charge in [0.1, 0.15) is 0 Å². The zero-order chi connectivity index (χ0) is 9.68. The van der Waals surface area contributed by atoms with E-state index in [0.29, 0.717) is 0 Å². The third-order valence-electron chi connectivity index (χ3n) is 2.51. The molecule has 13 heavy (non-hydrogen) atoms. The lowest BCUT2D eigenvalue weighted by atomic mass is 10.2. The van der Waals surface area contributed by atoms with Crippen LogP contribution in [0.5, 0.6) is 0 Å². The molecule has 1 aliphatic heterocycles. The summed E-state index contributed by atoms with van der Waals surface area (Å²) in [6.45, 7) is 10.6. The summed E-state index contributed by atoms with van der Waals surface area (Å²) in [7, 11) is 0. The summed E-state index contributed by atoms with van der Waals surface area (Å²) in [6.07, 6.45) is 8.97. The smallest absolute Gasteiger partial charge is 0.0293 e. The molecule has 72 valence electrons. The van der Waals surface area contributed by atoms with Gasteiger partial charge < -0.3 is 4.90 Å². The average Bonchev–Trinajstić information content (AvgIpc) is 2.66. The molecule has 0 aromatic heterocycles. The third kappa shape index (κ3) is 3.10. The van der Waals surface area contributed by atoms with Gasteiger partial charge in [-0.25, -0.2) is 0 Å². The second-order valence-corrected chi connectivity index (χ2v) is 3.55. The van der Waals surface area contributed by atoms with Gasteiger partial charge in [0.05, 0.1) is 0 Å². The molecular formula is C12H19N. The standard InChI is InChI=1S/C12H19N/c1-4-11(2)7-8-12(3)13-9-5-6-10-13/h4,7-8H,3,5-6,9-10H2,1-2H3/b8-7-,11-4-. The molecule has 0 bridgehead atoms. The Morgan fingerprint density at radius 3 is 2.38 bits per heavy atom. The number of hydrogen-bond acceptors (Lipinski definition) is 1. The van der Waals surface area contributed by atoms with E-state index in [4.69, 9.17) is 0 Å². The lowest BCUT2D eigenvalue weighted by Gasteiger charge is -2.16. The van der Waals surface area contributed by atoms with E-state index in [0.717, 1.165) is 5.70 Å². The Labute approximate surface area is 81.4 Å². The molecule has 1 saturated heterocycles. The maximum atomic E-state index is 4.05. The predicted octanol–water partition coefficient (Wildman–Crippen LogP) is 3.12. The van der Waals surface area contributed by atoms with Gasteiger partial charge in [-0.1, -0.05) is 24.3 Å². The van der Waals surface area contributed by atoms with Crippen LogP contribution in [0, 0.1) is 0 Å². The number of rotatable bonds is 3. The van der Waals surface area contributed by atoms with Gasteiger partial charge >= 0.3 is 0 Å². The van der Waals surface area contributed by atoms with Gasteiger partial charge in [0.25, 0.3) is 0 Å². The van der Waals surface area contributed by atoms with E-state index in [2.05, 4.69) is 43.6 Å². The molecular weight excluding hydrogens is 158 g/mol. The van der Waals surface area contributed by atoms with Crippen LogP contribution < -0.4 is 0 Å². The molecule has 1 nitrogen and oxygen atoms in total. The normalized spacial score (nSPS) is 18.6. The van der Waals surface area contributed by atoms with E-state index in [1.54, 1.807) is 0 Å². The van der Waals surface area contributed by atoms with Crippen molar-refractivity contribution in [2.45, 2.75) is 26.7 Å². The Bertz CT molecular complexity index is 230. The molecule has 0 N–H and O–H groups in total. The van der Waals surface area contributed by atoms with Gasteiger partial charge in [-0.2, -0.15) is 0 Å². The molecule has 1 heteroatoms. The highest BCUT2D eigenvalue weighted by Crippen LogP contribution is 2.14. The quantitative estimate of drug-likeness (QED) is 0.599. The summed E-state index contributed by atoms with van der Waals surface area (Å²) < 4.78 is 0. The molecule has 0 aromatic rings. The van der Waals surface area contributed by atoms with Gasteiger partial charge in [-0.15, -0.1) is 0 Å². The Morgan fingerprint density at radius 1 is 1.23 bits per heavy atom. The topological polar surface area (TPSA) is 3.24 Å². The maximum absolute atomic E-state index is 4.05. The van der Waals surface area contributed by atoms with Crippen molar-refractivity contribution < 1.29 is 0 Å². The summed E-state index contributed by atoms with van der Waals surface area (Å²) in [5, 5.41) is 0. The lowest BCUT2D eigenvalue weighted by molar-refractivity contribution is 0.442. The van der Waals surface area contributed by atoms with Crippen molar-refractivity contribution in [2.24, 2.45) is 0 Å². The van der Waals surface area contributed by atoms with Crippen LogP contribution in [0.3, 0.4) is 0 Å². The minimum absolute atomic E-state index is 1.15. The van der Waals surface area contributed by atoms with E-state index in [-0.39, 0.29) is 0 Å². The van der Waals surface area contributed by atoms with Crippen LogP contribution in [0.15, 0.2) is 36.1 Å². The highest BCUT2D eigenvalue weighted by Gasteiger charge is 2.10. The predicted molar refractivity (Wildman–Crippen MR) is 58.5 cm³/mol. The van der Waals surface area contributed by atoms with Crippen molar-refractivity contribution in [3.63, 3.8) is 0 Å². The molecule has 0 aromatic carbocycles. The highest BCUT2D eigenvalue weighted by molar-refractivity contribution is 5.24. The molecule has 1 heterocycles. The fourth-order valence-corrected chi connectivity index (χ4v) is 1.43.